The molecule has 0 aliphatic carbocycles. The maximum absolute atomic E-state index is 9.31. The fourth-order valence-electron chi connectivity index (χ4n) is 0.974. The Morgan fingerprint density at radius 2 is 2.00 bits per heavy atom. The van der Waals surface area contributed by atoms with Crippen LogP contribution in [0.1, 0.15) is 6.42 Å². The van der Waals surface area contributed by atoms with E-state index in [1.807, 2.05) is 0 Å². The first-order valence-corrected chi connectivity index (χ1v) is 3.70. The molecule has 4 nitrogen and oxygen atoms in total. The van der Waals surface area contributed by atoms with Gasteiger partial charge in [-0.15, -0.1) is 6.58 Å². The zero-order valence-electron chi connectivity index (χ0n) is 7.23. The van der Waals surface area contributed by atoms with Crippen LogP contribution in [-0.4, -0.2) is 41.9 Å². The molecule has 12 heavy (non-hydrogen) atoms. The molecule has 3 N–H and O–H groups in total. The molecule has 4 heteroatoms. The molecule has 0 saturated carbocycles. The molecular formula is C8H16O4. The van der Waals surface area contributed by atoms with Crippen molar-refractivity contribution in [1.29, 1.82) is 0 Å². The average Bonchev–Trinajstić information content (AvgIpc) is 2.13. The molecule has 0 spiro atoms. The molecule has 0 aromatic heterocycles. The van der Waals surface area contributed by atoms with E-state index in [-0.39, 0.29) is 13.2 Å². The Bertz CT molecular complexity index is 131. The van der Waals surface area contributed by atoms with Crippen molar-refractivity contribution in [3.05, 3.63) is 12.7 Å². The molecule has 0 aliphatic rings. The quantitative estimate of drug-likeness (QED) is 0.377. The molecule has 0 amide bonds. The summed E-state index contributed by atoms with van der Waals surface area (Å²) >= 11 is 0. The van der Waals surface area contributed by atoms with Crippen molar-refractivity contribution in [3.8, 4) is 0 Å². The minimum absolute atomic E-state index is 0.301. The van der Waals surface area contributed by atoms with Gasteiger partial charge in [0, 0.05) is 7.11 Å². The van der Waals surface area contributed by atoms with E-state index >= 15 is 0 Å². The Morgan fingerprint density at radius 3 is 2.25 bits per heavy atom. The van der Waals surface area contributed by atoms with Gasteiger partial charge in [0.2, 0.25) is 0 Å². The predicted octanol–water partition coefficient (Wildman–Crippen LogP) is -0.502. The van der Waals surface area contributed by atoms with Gasteiger partial charge in [-0.3, -0.25) is 0 Å². The van der Waals surface area contributed by atoms with Crippen molar-refractivity contribution in [2.45, 2.75) is 12.7 Å². The summed E-state index contributed by atoms with van der Waals surface area (Å²) in [6.45, 7) is 2.78. The zero-order valence-corrected chi connectivity index (χ0v) is 7.23. The minimum atomic E-state index is -1.18. The van der Waals surface area contributed by atoms with Crippen LogP contribution in [0.2, 0.25) is 0 Å². The van der Waals surface area contributed by atoms with E-state index < -0.39 is 11.7 Å². The molecule has 0 fully saturated rings. The van der Waals surface area contributed by atoms with Gasteiger partial charge in [-0.1, -0.05) is 6.08 Å². The third-order valence-electron chi connectivity index (χ3n) is 1.93. The first kappa shape index (κ1) is 11.6. The summed E-state index contributed by atoms with van der Waals surface area (Å²) in [4.78, 5) is 0. The first-order chi connectivity index (χ1) is 5.66. The molecule has 1 atom stereocenters. The second kappa shape index (κ2) is 5.27. The average molecular weight is 176 g/mol. The Morgan fingerprint density at radius 1 is 1.50 bits per heavy atom. The van der Waals surface area contributed by atoms with Crippen LogP contribution in [0.4, 0.5) is 0 Å². The maximum atomic E-state index is 9.31. The summed E-state index contributed by atoms with van der Waals surface area (Å²) in [5, 5.41) is 27.2. The smallest absolute Gasteiger partial charge is 0.164 e. The lowest BCUT2D eigenvalue weighted by Crippen LogP contribution is -2.42. The van der Waals surface area contributed by atoms with Crippen LogP contribution in [0.3, 0.4) is 0 Å². The van der Waals surface area contributed by atoms with Gasteiger partial charge in [0.1, 0.15) is 0 Å². The third-order valence-corrected chi connectivity index (χ3v) is 1.93. The van der Waals surface area contributed by atoms with Crippen LogP contribution in [0.25, 0.3) is 0 Å². The second-order valence-electron chi connectivity index (χ2n) is 2.76. The van der Waals surface area contributed by atoms with Gasteiger partial charge in [-0.2, -0.15) is 0 Å². The number of ether oxygens (including phenoxy) is 1. The Labute approximate surface area is 72.1 Å². The van der Waals surface area contributed by atoms with E-state index in [2.05, 4.69) is 11.3 Å². The summed E-state index contributed by atoms with van der Waals surface area (Å²) in [5.74, 6) is 0. The van der Waals surface area contributed by atoms with Crippen molar-refractivity contribution >= 4 is 0 Å². The molecule has 0 aliphatic heterocycles. The number of hydrogen-bond donors (Lipinski definition) is 3. The second-order valence-corrected chi connectivity index (χ2v) is 2.76. The van der Waals surface area contributed by atoms with E-state index in [9.17, 15) is 5.11 Å². The summed E-state index contributed by atoms with van der Waals surface area (Å²) < 4.78 is 4.64. The summed E-state index contributed by atoms with van der Waals surface area (Å²) in [6.07, 6.45) is 0.648. The summed E-state index contributed by atoms with van der Waals surface area (Å²) in [6, 6.07) is 0. The SMILES string of the molecule is C=CCC(CO)(CO)C(O)OC. The number of methoxy groups -OCH3 is 1. The highest BCUT2D eigenvalue weighted by Gasteiger charge is 2.36. The van der Waals surface area contributed by atoms with E-state index in [1.54, 1.807) is 0 Å². The van der Waals surface area contributed by atoms with Crippen LogP contribution in [0, 0.1) is 5.41 Å². The fraction of sp³-hybridized carbons (Fsp3) is 0.750. The predicted molar refractivity (Wildman–Crippen MR) is 44.4 cm³/mol. The van der Waals surface area contributed by atoms with Gasteiger partial charge in [0.05, 0.1) is 18.6 Å². The number of rotatable bonds is 6. The van der Waals surface area contributed by atoms with Crippen molar-refractivity contribution in [2.24, 2.45) is 5.41 Å². The van der Waals surface area contributed by atoms with E-state index in [4.69, 9.17) is 10.2 Å². The van der Waals surface area contributed by atoms with Gasteiger partial charge in [0.25, 0.3) is 0 Å². The highest BCUT2D eigenvalue weighted by Crippen LogP contribution is 2.26. The van der Waals surface area contributed by atoms with Crippen LogP contribution >= 0.6 is 0 Å². The fourth-order valence-corrected chi connectivity index (χ4v) is 0.974. The molecule has 0 heterocycles. The Kier molecular flexibility index (Phi) is 5.08. The number of aliphatic hydroxyl groups is 3. The van der Waals surface area contributed by atoms with Crippen LogP contribution in [-0.2, 0) is 4.74 Å². The van der Waals surface area contributed by atoms with Crippen molar-refractivity contribution < 1.29 is 20.1 Å². The lowest BCUT2D eigenvalue weighted by atomic mass is 9.85. The van der Waals surface area contributed by atoms with Crippen molar-refractivity contribution in [2.75, 3.05) is 20.3 Å². The Balaban J connectivity index is 4.43. The topological polar surface area (TPSA) is 69.9 Å². The van der Waals surface area contributed by atoms with E-state index in [0.717, 1.165) is 0 Å². The van der Waals surface area contributed by atoms with Crippen molar-refractivity contribution in [3.63, 3.8) is 0 Å². The summed E-state index contributed by atoms with van der Waals surface area (Å²) in [7, 11) is 1.31. The van der Waals surface area contributed by atoms with Gasteiger partial charge in [-0.05, 0) is 6.42 Å². The molecular weight excluding hydrogens is 160 g/mol. The lowest BCUT2D eigenvalue weighted by molar-refractivity contribution is -0.184. The van der Waals surface area contributed by atoms with Crippen LogP contribution in [0.15, 0.2) is 12.7 Å². The largest absolute Gasteiger partial charge is 0.395 e. The lowest BCUT2D eigenvalue weighted by Gasteiger charge is -2.32. The van der Waals surface area contributed by atoms with Crippen LogP contribution < -0.4 is 0 Å². The number of aliphatic hydroxyl groups excluding tert-OH is 3. The molecule has 72 valence electrons. The molecule has 0 rings (SSSR count). The number of hydrogen-bond acceptors (Lipinski definition) is 4. The third kappa shape index (κ3) is 2.28. The Hall–Kier alpha value is -0.420. The zero-order chi connectivity index (χ0) is 9.61. The monoisotopic (exact) mass is 176 g/mol. The molecule has 0 saturated heterocycles. The van der Waals surface area contributed by atoms with Gasteiger partial charge < -0.3 is 20.1 Å². The number of allylic oxidation sites excluding steroid dienone is 1. The van der Waals surface area contributed by atoms with E-state index in [0.29, 0.717) is 6.42 Å². The standard InChI is InChI=1S/C8H16O4/c1-3-4-8(5-9,6-10)7(11)12-2/h3,7,9-11H,1,4-6H2,2H3. The highest BCUT2D eigenvalue weighted by molar-refractivity contribution is 4.87. The van der Waals surface area contributed by atoms with Crippen molar-refractivity contribution in [1.82, 2.24) is 0 Å². The molecule has 0 radical (unpaired) electrons. The first-order valence-electron chi connectivity index (χ1n) is 3.70. The highest BCUT2D eigenvalue weighted by atomic mass is 16.6. The molecule has 0 bridgehead atoms. The van der Waals surface area contributed by atoms with Gasteiger partial charge in [0.15, 0.2) is 6.29 Å². The molecule has 0 aromatic rings. The van der Waals surface area contributed by atoms with E-state index in [1.165, 1.54) is 13.2 Å². The minimum Gasteiger partial charge on any atom is -0.395 e. The van der Waals surface area contributed by atoms with Gasteiger partial charge in [-0.25, -0.2) is 0 Å². The van der Waals surface area contributed by atoms with Gasteiger partial charge >= 0.3 is 0 Å². The van der Waals surface area contributed by atoms with Crippen LogP contribution in [0.5, 0.6) is 0 Å². The molecule has 1 unspecified atom stereocenters. The maximum Gasteiger partial charge on any atom is 0.164 e. The normalized spacial score (nSPS) is 14.3. The molecule has 0 aromatic carbocycles. The summed E-state index contributed by atoms with van der Waals surface area (Å²) in [5.41, 5.74) is -1.03.